The molecule has 1 aromatic heterocycles. The van der Waals surface area contributed by atoms with Gasteiger partial charge >= 0.3 is 0 Å². The number of halogens is 1. The van der Waals surface area contributed by atoms with Crippen LogP contribution in [-0.2, 0) is 0 Å². The number of methoxy groups -OCH3 is 1. The van der Waals surface area contributed by atoms with Crippen molar-refractivity contribution < 1.29 is 9.53 Å². The summed E-state index contributed by atoms with van der Waals surface area (Å²) in [5.74, 6) is 0.823. The van der Waals surface area contributed by atoms with Crippen LogP contribution >= 0.6 is 23.7 Å². The Morgan fingerprint density at radius 1 is 1.42 bits per heavy atom. The maximum Gasteiger partial charge on any atom is 0.267 e. The second-order valence-electron chi connectivity index (χ2n) is 5.00. The molecule has 4 nitrogen and oxygen atoms in total. The monoisotopic (exact) mass is 302 g/mol. The van der Waals surface area contributed by atoms with Gasteiger partial charge in [0.05, 0.1) is 7.11 Å². The molecule has 0 aromatic carbocycles. The number of hydrogen-bond acceptors (Lipinski definition) is 4. The molecule has 1 aromatic rings. The van der Waals surface area contributed by atoms with Gasteiger partial charge in [0, 0.05) is 25.2 Å². The fraction of sp³-hybridized carbons (Fsp3) is 0.615. The number of hydrogen-bond donors (Lipinski definition) is 1. The third-order valence-electron chi connectivity index (χ3n) is 3.85. The topological polar surface area (TPSA) is 41.6 Å². The standard InChI is InChI=1S/C13H18N2O2S.ClH/c1-17-11-5-7-18-12(11)13(16)15-6-4-9-2-3-10(8-15)14-9;/h5,7,9-10,14H,2-4,6,8H2,1H3;1H. The first kappa shape index (κ1) is 14.6. The van der Waals surface area contributed by atoms with Gasteiger partial charge in [-0.2, -0.15) is 0 Å². The van der Waals surface area contributed by atoms with Crippen LogP contribution < -0.4 is 10.1 Å². The maximum atomic E-state index is 12.5. The molecule has 106 valence electrons. The van der Waals surface area contributed by atoms with Gasteiger partial charge in [0.15, 0.2) is 0 Å². The molecule has 2 atom stereocenters. The number of carbonyl (C=O) groups is 1. The van der Waals surface area contributed by atoms with E-state index in [1.807, 2.05) is 16.3 Å². The predicted molar refractivity (Wildman–Crippen MR) is 78.6 cm³/mol. The SMILES string of the molecule is COc1ccsc1C(=O)N1CCC2CCC(C1)N2.Cl. The fourth-order valence-corrected chi connectivity index (χ4v) is 3.71. The summed E-state index contributed by atoms with van der Waals surface area (Å²) in [7, 11) is 1.62. The largest absolute Gasteiger partial charge is 0.495 e. The van der Waals surface area contributed by atoms with Gasteiger partial charge in [-0.05, 0) is 30.7 Å². The summed E-state index contributed by atoms with van der Waals surface area (Å²) in [6, 6.07) is 2.95. The Morgan fingerprint density at radius 2 is 2.21 bits per heavy atom. The highest BCUT2D eigenvalue weighted by Gasteiger charge is 2.32. The lowest BCUT2D eigenvalue weighted by atomic mass is 10.1. The second kappa shape index (κ2) is 6.11. The Kier molecular flexibility index (Phi) is 4.71. The Hall–Kier alpha value is -0.780. The van der Waals surface area contributed by atoms with E-state index in [2.05, 4.69) is 5.32 Å². The van der Waals surface area contributed by atoms with E-state index in [1.54, 1.807) is 7.11 Å². The minimum absolute atomic E-state index is 0. The summed E-state index contributed by atoms with van der Waals surface area (Å²) in [6.07, 6.45) is 3.51. The van der Waals surface area contributed by atoms with E-state index in [0.717, 1.165) is 24.4 Å². The number of amides is 1. The van der Waals surface area contributed by atoms with Crippen molar-refractivity contribution in [1.29, 1.82) is 0 Å². The smallest absolute Gasteiger partial charge is 0.267 e. The minimum Gasteiger partial charge on any atom is -0.495 e. The summed E-state index contributed by atoms with van der Waals surface area (Å²) in [5, 5.41) is 5.50. The number of rotatable bonds is 2. The Morgan fingerprint density at radius 3 is 3.00 bits per heavy atom. The van der Waals surface area contributed by atoms with Gasteiger partial charge in [0.1, 0.15) is 10.6 Å². The van der Waals surface area contributed by atoms with Crippen LogP contribution in [0.3, 0.4) is 0 Å². The first-order chi connectivity index (χ1) is 8.78. The van der Waals surface area contributed by atoms with Gasteiger partial charge in [0.25, 0.3) is 5.91 Å². The molecule has 0 aliphatic carbocycles. The van der Waals surface area contributed by atoms with Crippen LogP contribution in [-0.4, -0.2) is 43.1 Å². The zero-order chi connectivity index (χ0) is 12.5. The number of carbonyl (C=O) groups excluding carboxylic acids is 1. The van der Waals surface area contributed by atoms with Gasteiger partial charge in [-0.25, -0.2) is 0 Å². The lowest BCUT2D eigenvalue weighted by Crippen LogP contribution is -2.38. The highest BCUT2D eigenvalue weighted by atomic mass is 35.5. The average molecular weight is 303 g/mol. The zero-order valence-electron chi connectivity index (χ0n) is 10.9. The molecule has 2 bridgehead atoms. The van der Waals surface area contributed by atoms with Gasteiger partial charge in [0.2, 0.25) is 0 Å². The van der Waals surface area contributed by atoms with Crippen molar-refractivity contribution in [2.75, 3.05) is 20.2 Å². The summed E-state index contributed by atoms with van der Waals surface area (Å²) in [6.45, 7) is 1.68. The van der Waals surface area contributed by atoms with E-state index in [0.29, 0.717) is 17.8 Å². The number of thiophene rings is 1. The molecule has 3 rings (SSSR count). The van der Waals surface area contributed by atoms with Crippen molar-refractivity contribution in [3.8, 4) is 5.75 Å². The molecule has 2 aliphatic rings. The highest BCUT2D eigenvalue weighted by Crippen LogP contribution is 2.28. The van der Waals surface area contributed by atoms with E-state index < -0.39 is 0 Å². The summed E-state index contributed by atoms with van der Waals surface area (Å²) >= 11 is 1.47. The third kappa shape index (κ3) is 2.88. The normalized spacial score (nSPS) is 25.6. The van der Waals surface area contributed by atoms with E-state index in [9.17, 15) is 4.79 Å². The molecule has 2 saturated heterocycles. The van der Waals surface area contributed by atoms with Crippen molar-refractivity contribution >= 4 is 29.7 Å². The number of ether oxygens (including phenoxy) is 1. The summed E-state index contributed by atoms with van der Waals surface area (Å²) in [5.41, 5.74) is 0. The van der Waals surface area contributed by atoms with Crippen LogP contribution in [0.4, 0.5) is 0 Å². The van der Waals surface area contributed by atoms with Crippen molar-refractivity contribution in [2.45, 2.75) is 31.3 Å². The fourth-order valence-electron chi connectivity index (χ4n) is 2.89. The maximum absolute atomic E-state index is 12.5. The van der Waals surface area contributed by atoms with E-state index in [4.69, 9.17) is 4.74 Å². The molecular formula is C13H19ClN2O2S. The number of nitrogens with zero attached hydrogens (tertiary/aromatic N) is 1. The lowest BCUT2D eigenvalue weighted by molar-refractivity contribution is 0.0750. The molecule has 1 amide bonds. The molecule has 3 heterocycles. The van der Waals surface area contributed by atoms with Gasteiger partial charge < -0.3 is 15.0 Å². The van der Waals surface area contributed by atoms with Crippen molar-refractivity contribution in [2.24, 2.45) is 0 Å². The summed E-state index contributed by atoms with van der Waals surface area (Å²) in [4.78, 5) is 15.2. The van der Waals surface area contributed by atoms with Crippen LogP contribution in [0.15, 0.2) is 11.4 Å². The van der Waals surface area contributed by atoms with Crippen molar-refractivity contribution in [1.82, 2.24) is 10.2 Å². The van der Waals surface area contributed by atoms with Crippen LogP contribution in [0, 0.1) is 0 Å². The minimum atomic E-state index is 0. The van der Waals surface area contributed by atoms with E-state index >= 15 is 0 Å². The quantitative estimate of drug-likeness (QED) is 0.910. The van der Waals surface area contributed by atoms with E-state index in [-0.39, 0.29) is 18.3 Å². The average Bonchev–Trinajstić information content (AvgIpc) is 2.94. The molecule has 0 radical (unpaired) electrons. The first-order valence-electron chi connectivity index (χ1n) is 6.44. The van der Waals surface area contributed by atoms with Crippen molar-refractivity contribution in [3.63, 3.8) is 0 Å². The molecule has 0 saturated carbocycles. The van der Waals surface area contributed by atoms with Crippen LogP contribution in [0.5, 0.6) is 5.75 Å². The molecule has 2 aliphatic heterocycles. The Bertz CT molecular complexity index is 452. The van der Waals surface area contributed by atoms with Crippen LogP contribution in [0.25, 0.3) is 0 Å². The molecule has 6 heteroatoms. The molecule has 0 spiro atoms. The molecule has 2 unspecified atom stereocenters. The van der Waals surface area contributed by atoms with Crippen LogP contribution in [0.2, 0.25) is 0 Å². The van der Waals surface area contributed by atoms with Crippen molar-refractivity contribution in [3.05, 3.63) is 16.3 Å². The van der Waals surface area contributed by atoms with Gasteiger partial charge in [-0.15, -0.1) is 23.7 Å². The van der Waals surface area contributed by atoms with E-state index in [1.165, 1.54) is 24.2 Å². The lowest BCUT2D eigenvalue weighted by Gasteiger charge is -2.24. The van der Waals surface area contributed by atoms with Crippen LogP contribution in [0.1, 0.15) is 28.9 Å². The molecule has 19 heavy (non-hydrogen) atoms. The third-order valence-corrected chi connectivity index (χ3v) is 4.74. The number of nitrogens with one attached hydrogen (secondary N) is 1. The predicted octanol–water partition coefficient (Wildman–Crippen LogP) is 2.15. The summed E-state index contributed by atoms with van der Waals surface area (Å²) < 4.78 is 5.24. The molecular weight excluding hydrogens is 284 g/mol. The molecule has 2 fully saturated rings. The molecule has 1 N–H and O–H groups in total. The second-order valence-corrected chi connectivity index (χ2v) is 5.91. The highest BCUT2D eigenvalue weighted by molar-refractivity contribution is 7.12. The van der Waals surface area contributed by atoms with Gasteiger partial charge in [-0.3, -0.25) is 4.79 Å². The number of likely N-dealkylation sites (tertiary alicyclic amines) is 1. The Labute approximate surface area is 123 Å². The number of fused-ring (bicyclic) bond motifs is 2. The zero-order valence-corrected chi connectivity index (χ0v) is 12.6. The first-order valence-corrected chi connectivity index (χ1v) is 7.32. The Balaban J connectivity index is 0.00000133. The van der Waals surface area contributed by atoms with Gasteiger partial charge in [-0.1, -0.05) is 0 Å².